The fourth-order valence-electron chi connectivity index (χ4n) is 2.15. The third kappa shape index (κ3) is 6.08. The number of thioether (sulfide) groups is 1. The van der Waals surface area contributed by atoms with Crippen molar-refractivity contribution in [2.45, 2.75) is 4.90 Å². The van der Waals surface area contributed by atoms with Crippen LogP contribution < -0.4 is 25.0 Å². The van der Waals surface area contributed by atoms with Crippen LogP contribution in [0.5, 0.6) is 17.2 Å². The maximum Gasteiger partial charge on any atom is 0.307 e. The number of hydrogen-bond donors (Lipinski definition) is 3. The second kappa shape index (κ2) is 10.3. The van der Waals surface area contributed by atoms with Gasteiger partial charge in [0.05, 0.1) is 20.8 Å². The lowest BCUT2D eigenvalue weighted by Crippen LogP contribution is -2.28. The number of hydrogen-bond acceptors (Lipinski definition) is 7. The third-order valence-electron chi connectivity index (χ3n) is 3.43. The minimum atomic E-state index is -0.568. The Bertz CT molecular complexity index is 782. The highest BCUT2D eigenvalue weighted by Gasteiger charge is 2.10. The molecule has 0 heterocycles. The maximum absolute atomic E-state index is 12.2. The molecule has 0 aromatic heterocycles. The zero-order valence-corrected chi connectivity index (χ0v) is 15.7. The molecule has 0 aliphatic carbocycles. The van der Waals surface area contributed by atoms with Crippen molar-refractivity contribution in [2.75, 3.05) is 27.4 Å². The number of rotatable bonds is 8. The Balaban J connectivity index is 1.79. The number of ether oxygens (including phenoxy) is 3. The van der Waals surface area contributed by atoms with Gasteiger partial charge in [-0.15, -0.1) is 0 Å². The first-order valence-corrected chi connectivity index (χ1v) is 8.74. The molecular weight excluding hydrogens is 372 g/mol. The molecule has 3 N–H and O–H groups in total. The lowest BCUT2D eigenvalue weighted by molar-refractivity contribution is 0.0946. The van der Waals surface area contributed by atoms with Crippen LogP contribution in [0.2, 0.25) is 0 Å². The van der Waals surface area contributed by atoms with Gasteiger partial charge in [0, 0.05) is 10.5 Å². The molecule has 0 unspecified atom stereocenters. The molecule has 0 saturated carbocycles. The minimum Gasteiger partial charge on any atom is -0.493 e. The smallest absolute Gasteiger partial charge is 0.307 e. The van der Waals surface area contributed by atoms with E-state index in [2.05, 4.69) is 5.32 Å². The zero-order chi connectivity index (χ0) is 19.6. The fraction of sp³-hybridized carbons (Fsp3) is 0.222. The molecule has 0 aliphatic heterocycles. The van der Waals surface area contributed by atoms with E-state index in [9.17, 15) is 9.59 Å². The Kier molecular flexibility index (Phi) is 7.78. The lowest BCUT2D eigenvalue weighted by Gasteiger charge is -2.11. The van der Waals surface area contributed by atoms with Crippen LogP contribution in [0.4, 0.5) is 4.79 Å². The summed E-state index contributed by atoms with van der Waals surface area (Å²) in [5, 5.41) is 10.7. The van der Waals surface area contributed by atoms with Crippen LogP contribution in [0.1, 0.15) is 10.4 Å². The van der Waals surface area contributed by atoms with E-state index in [-0.39, 0.29) is 12.5 Å². The summed E-state index contributed by atoms with van der Waals surface area (Å²) in [4.78, 5) is 23.9. The average Bonchev–Trinajstić information content (AvgIpc) is 2.71. The molecule has 0 fully saturated rings. The largest absolute Gasteiger partial charge is 0.493 e. The standard InChI is InChI=1S/C18H20N2O6S/c1-24-15-8-3-12(11-16(15)25-2)17(21)19-9-10-26-13-4-6-14(7-5-13)27-18(22)20-23/h3-8,11,23H,9-10H2,1-2H3,(H,19,21)(H,20,22). The first-order valence-electron chi connectivity index (χ1n) is 7.92. The van der Waals surface area contributed by atoms with Crippen molar-refractivity contribution in [3.8, 4) is 17.2 Å². The van der Waals surface area contributed by atoms with Gasteiger partial charge in [-0.1, -0.05) is 0 Å². The topological polar surface area (TPSA) is 106 Å². The Labute approximate surface area is 160 Å². The Hall–Kier alpha value is -2.91. The molecule has 0 radical (unpaired) electrons. The number of amides is 2. The van der Waals surface area contributed by atoms with Gasteiger partial charge in [-0.2, -0.15) is 0 Å². The van der Waals surface area contributed by atoms with E-state index in [4.69, 9.17) is 19.4 Å². The van der Waals surface area contributed by atoms with Gasteiger partial charge in [0.1, 0.15) is 12.4 Å². The van der Waals surface area contributed by atoms with Crippen LogP contribution in [-0.4, -0.2) is 43.7 Å². The normalized spacial score (nSPS) is 10.0. The molecule has 0 atom stereocenters. The van der Waals surface area contributed by atoms with Gasteiger partial charge in [-0.05, 0) is 54.2 Å². The summed E-state index contributed by atoms with van der Waals surface area (Å²) in [6.45, 7) is 0.596. The lowest BCUT2D eigenvalue weighted by atomic mass is 10.2. The number of benzene rings is 2. The summed E-state index contributed by atoms with van der Waals surface area (Å²) in [7, 11) is 3.04. The second-order valence-electron chi connectivity index (χ2n) is 5.15. The van der Waals surface area contributed by atoms with E-state index in [0.29, 0.717) is 34.3 Å². The number of carbonyl (C=O) groups is 2. The Morgan fingerprint density at radius 2 is 1.74 bits per heavy atom. The van der Waals surface area contributed by atoms with Crippen LogP contribution in [0.25, 0.3) is 0 Å². The SMILES string of the molecule is COc1ccc(C(=O)NCCOc2ccc(SC(=O)NO)cc2)cc1OC. The number of methoxy groups -OCH3 is 2. The van der Waals surface area contributed by atoms with Gasteiger partial charge in [0.15, 0.2) is 11.5 Å². The van der Waals surface area contributed by atoms with Crippen molar-refractivity contribution >= 4 is 22.9 Å². The summed E-state index contributed by atoms with van der Waals surface area (Å²) < 4.78 is 15.9. The summed E-state index contributed by atoms with van der Waals surface area (Å²) in [6.07, 6.45) is 0. The predicted octanol–water partition coefficient (Wildman–Crippen LogP) is 2.70. The van der Waals surface area contributed by atoms with Crippen molar-refractivity contribution < 1.29 is 29.0 Å². The van der Waals surface area contributed by atoms with Gasteiger partial charge in [-0.25, -0.2) is 5.48 Å². The first-order chi connectivity index (χ1) is 13.1. The van der Waals surface area contributed by atoms with Crippen molar-refractivity contribution in [3.63, 3.8) is 0 Å². The van der Waals surface area contributed by atoms with E-state index in [1.165, 1.54) is 14.2 Å². The average molecular weight is 392 g/mol. The van der Waals surface area contributed by atoms with E-state index in [1.54, 1.807) is 47.9 Å². The van der Waals surface area contributed by atoms with Gasteiger partial charge >= 0.3 is 5.24 Å². The number of hydroxylamine groups is 1. The quantitative estimate of drug-likeness (QED) is 0.274. The van der Waals surface area contributed by atoms with E-state index >= 15 is 0 Å². The van der Waals surface area contributed by atoms with E-state index in [0.717, 1.165) is 11.8 Å². The van der Waals surface area contributed by atoms with Crippen LogP contribution >= 0.6 is 11.8 Å². The highest BCUT2D eigenvalue weighted by Crippen LogP contribution is 2.27. The van der Waals surface area contributed by atoms with Crippen molar-refractivity contribution in [3.05, 3.63) is 48.0 Å². The monoisotopic (exact) mass is 392 g/mol. The van der Waals surface area contributed by atoms with Crippen LogP contribution in [0.3, 0.4) is 0 Å². The Morgan fingerprint density at radius 1 is 1.04 bits per heavy atom. The number of carbonyl (C=O) groups excluding carboxylic acids is 2. The fourth-order valence-corrected chi connectivity index (χ4v) is 2.68. The van der Waals surface area contributed by atoms with Crippen molar-refractivity contribution in [1.82, 2.24) is 10.8 Å². The molecule has 2 rings (SSSR count). The molecule has 144 valence electrons. The van der Waals surface area contributed by atoms with Crippen LogP contribution in [0, 0.1) is 0 Å². The van der Waals surface area contributed by atoms with E-state index in [1.807, 2.05) is 0 Å². The second-order valence-corrected chi connectivity index (χ2v) is 6.19. The van der Waals surface area contributed by atoms with Gasteiger partial charge < -0.3 is 19.5 Å². The zero-order valence-electron chi connectivity index (χ0n) is 14.9. The molecule has 0 spiro atoms. The van der Waals surface area contributed by atoms with Crippen LogP contribution in [-0.2, 0) is 0 Å². The van der Waals surface area contributed by atoms with Gasteiger partial charge in [0.25, 0.3) is 5.91 Å². The molecule has 2 amide bonds. The van der Waals surface area contributed by atoms with Crippen molar-refractivity contribution in [2.24, 2.45) is 0 Å². The molecule has 9 heteroatoms. The first kappa shape index (κ1) is 20.4. The molecule has 2 aromatic rings. The van der Waals surface area contributed by atoms with E-state index < -0.39 is 5.24 Å². The minimum absolute atomic E-state index is 0.249. The van der Waals surface area contributed by atoms with Crippen molar-refractivity contribution in [1.29, 1.82) is 0 Å². The number of nitrogens with one attached hydrogen (secondary N) is 2. The van der Waals surface area contributed by atoms with Gasteiger partial charge in [-0.3, -0.25) is 14.8 Å². The predicted molar refractivity (Wildman–Crippen MR) is 100.0 cm³/mol. The van der Waals surface area contributed by atoms with Gasteiger partial charge in [0.2, 0.25) is 0 Å². The molecule has 0 aliphatic rings. The molecular formula is C18H20N2O6S. The maximum atomic E-state index is 12.2. The molecule has 2 aromatic carbocycles. The highest BCUT2D eigenvalue weighted by atomic mass is 32.2. The summed E-state index contributed by atoms with van der Waals surface area (Å²) in [5.41, 5.74) is 2.00. The van der Waals surface area contributed by atoms with Crippen LogP contribution in [0.15, 0.2) is 47.4 Å². The third-order valence-corrected chi connectivity index (χ3v) is 4.21. The Morgan fingerprint density at radius 3 is 2.37 bits per heavy atom. The summed E-state index contributed by atoms with van der Waals surface area (Å²) >= 11 is 0.856. The molecule has 27 heavy (non-hydrogen) atoms. The summed E-state index contributed by atoms with van der Waals surface area (Å²) in [6, 6.07) is 11.7. The summed E-state index contributed by atoms with van der Waals surface area (Å²) in [5.74, 6) is 1.38. The molecule has 8 nitrogen and oxygen atoms in total. The highest BCUT2D eigenvalue weighted by molar-refractivity contribution is 8.13. The molecule has 0 bridgehead atoms. The molecule has 0 saturated heterocycles.